The number of hydrogen-bond acceptors (Lipinski definition) is 2. The Labute approximate surface area is 69.8 Å². The summed E-state index contributed by atoms with van der Waals surface area (Å²) in [5, 5.41) is 0.160. The van der Waals surface area contributed by atoms with Gasteiger partial charge in [-0.15, -0.1) is 11.8 Å². The molecule has 0 fully saturated rings. The summed E-state index contributed by atoms with van der Waals surface area (Å²) in [6, 6.07) is 8.20. The third-order valence-corrected chi connectivity index (χ3v) is 3.06. The van der Waals surface area contributed by atoms with Gasteiger partial charge in [-0.1, -0.05) is 18.2 Å². The van der Waals surface area contributed by atoms with Crippen LogP contribution in [0, 0.1) is 0 Å². The second kappa shape index (κ2) is 2.70. The van der Waals surface area contributed by atoms with Gasteiger partial charge in [-0.25, -0.2) is 0 Å². The molecule has 1 atom stereocenters. The van der Waals surface area contributed by atoms with Crippen molar-refractivity contribution in [2.24, 2.45) is 0 Å². The summed E-state index contributed by atoms with van der Waals surface area (Å²) >= 11 is 1.67. The van der Waals surface area contributed by atoms with Crippen LogP contribution in [0.3, 0.4) is 0 Å². The molecule has 0 radical (unpaired) electrons. The van der Waals surface area contributed by atoms with E-state index in [4.69, 9.17) is 0 Å². The van der Waals surface area contributed by atoms with Crippen molar-refractivity contribution in [2.75, 3.05) is 0 Å². The molecule has 2 heteroatoms. The van der Waals surface area contributed by atoms with Crippen LogP contribution in [0.1, 0.15) is 5.56 Å². The van der Waals surface area contributed by atoms with E-state index in [0.29, 0.717) is 0 Å². The van der Waals surface area contributed by atoms with Gasteiger partial charge < -0.3 is 4.79 Å². The van der Waals surface area contributed by atoms with Crippen LogP contribution in [0.4, 0.5) is 0 Å². The van der Waals surface area contributed by atoms with E-state index >= 15 is 0 Å². The maximum Gasteiger partial charge on any atom is 0.133 e. The predicted molar refractivity (Wildman–Crippen MR) is 45.9 cm³/mol. The van der Waals surface area contributed by atoms with Crippen molar-refractivity contribution in [1.29, 1.82) is 0 Å². The van der Waals surface area contributed by atoms with Gasteiger partial charge in [-0.3, -0.25) is 0 Å². The maximum absolute atomic E-state index is 10.5. The van der Waals surface area contributed by atoms with Crippen molar-refractivity contribution in [3.8, 4) is 0 Å². The number of rotatable bonds is 1. The third kappa shape index (κ3) is 1.18. The molecule has 56 valence electrons. The summed E-state index contributed by atoms with van der Waals surface area (Å²) in [5.74, 6) is 0. The molecule has 0 bridgehead atoms. The van der Waals surface area contributed by atoms with Crippen LogP contribution in [-0.4, -0.2) is 11.5 Å². The minimum absolute atomic E-state index is 0.160. The summed E-state index contributed by atoms with van der Waals surface area (Å²) in [4.78, 5) is 11.7. The van der Waals surface area contributed by atoms with Gasteiger partial charge in [-0.2, -0.15) is 0 Å². The molecule has 2 rings (SSSR count). The molecule has 0 aliphatic carbocycles. The Morgan fingerprint density at radius 2 is 2.27 bits per heavy atom. The fraction of sp³-hybridized carbons (Fsp3) is 0.222. The molecule has 1 aliphatic heterocycles. The lowest BCUT2D eigenvalue weighted by molar-refractivity contribution is -0.107. The minimum atomic E-state index is 0.160. The molecule has 0 aromatic heterocycles. The highest BCUT2D eigenvalue weighted by molar-refractivity contribution is 8.00. The summed E-state index contributed by atoms with van der Waals surface area (Å²) in [6.45, 7) is 0. The second-order valence-electron chi connectivity index (χ2n) is 2.60. The summed E-state index contributed by atoms with van der Waals surface area (Å²) in [7, 11) is 0. The summed E-state index contributed by atoms with van der Waals surface area (Å²) in [5.41, 5.74) is 1.31. The van der Waals surface area contributed by atoms with Crippen molar-refractivity contribution in [2.45, 2.75) is 16.6 Å². The fourth-order valence-corrected chi connectivity index (χ4v) is 2.39. The van der Waals surface area contributed by atoms with Crippen molar-refractivity contribution >= 4 is 18.0 Å². The highest BCUT2D eigenvalue weighted by atomic mass is 32.2. The molecular weight excluding hydrogens is 156 g/mol. The highest BCUT2D eigenvalue weighted by Crippen LogP contribution is 2.35. The van der Waals surface area contributed by atoms with Gasteiger partial charge in [0, 0.05) is 4.90 Å². The molecule has 11 heavy (non-hydrogen) atoms. The van der Waals surface area contributed by atoms with Gasteiger partial charge in [0.05, 0.1) is 5.25 Å². The van der Waals surface area contributed by atoms with E-state index in [-0.39, 0.29) is 5.25 Å². The average Bonchev–Trinajstić information content (AvgIpc) is 2.46. The third-order valence-electron chi connectivity index (χ3n) is 1.82. The lowest BCUT2D eigenvalue weighted by atomic mass is 10.1. The number of benzene rings is 1. The van der Waals surface area contributed by atoms with Crippen LogP contribution >= 0.6 is 11.8 Å². The number of carbonyl (C=O) groups is 1. The van der Waals surface area contributed by atoms with E-state index in [2.05, 4.69) is 12.1 Å². The molecule has 0 saturated heterocycles. The Bertz CT molecular complexity index is 258. The van der Waals surface area contributed by atoms with E-state index < -0.39 is 0 Å². The zero-order valence-corrected chi connectivity index (χ0v) is 6.80. The standard InChI is InChI=1S/C9H8OS/c10-6-8-5-7-3-1-2-4-9(7)11-8/h1-4,6,8H,5H2. The van der Waals surface area contributed by atoms with Crippen LogP contribution in [-0.2, 0) is 11.2 Å². The first-order chi connectivity index (χ1) is 5.40. The normalized spacial score (nSPS) is 21.3. The average molecular weight is 164 g/mol. The lowest BCUT2D eigenvalue weighted by Gasteiger charge is -1.92. The first kappa shape index (κ1) is 6.92. The molecule has 1 heterocycles. The molecule has 0 saturated carbocycles. The molecule has 1 aromatic carbocycles. The Morgan fingerprint density at radius 1 is 1.45 bits per heavy atom. The van der Waals surface area contributed by atoms with Gasteiger partial charge in [0.2, 0.25) is 0 Å². The molecule has 1 unspecified atom stereocenters. The topological polar surface area (TPSA) is 17.1 Å². The van der Waals surface area contributed by atoms with Gasteiger partial charge in [0.15, 0.2) is 0 Å². The molecule has 1 aliphatic rings. The minimum Gasteiger partial charge on any atom is -0.302 e. The Hall–Kier alpha value is -0.760. The number of carbonyl (C=O) groups excluding carboxylic acids is 1. The van der Waals surface area contributed by atoms with Crippen LogP contribution in [0.2, 0.25) is 0 Å². The van der Waals surface area contributed by atoms with Crippen molar-refractivity contribution in [3.05, 3.63) is 29.8 Å². The first-order valence-electron chi connectivity index (χ1n) is 3.60. The Kier molecular flexibility index (Phi) is 1.70. The van der Waals surface area contributed by atoms with E-state index in [1.807, 2.05) is 12.1 Å². The van der Waals surface area contributed by atoms with Gasteiger partial charge >= 0.3 is 0 Å². The Balaban J connectivity index is 2.33. The smallest absolute Gasteiger partial charge is 0.133 e. The summed E-state index contributed by atoms with van der Waals surface area (Å²) in [6.07, 6.45) is 1.94. The second-order valence-corrected chi connectivity index (χ2v) is 3.89. The van der Waals surface area contributed by atoms with E-state index in [1.165, 1.54) is 10.5 Å². The molecule has 0 N–H and O–H groups in total. The first-order valence-corrected chi connectivity index (χ1v) is 4.48. The zero-order chi connectivity index (χ0) is 7.68. The largest absolute Gasteiger partial charge is 0.302 e. The van der Waals surface area contributed by atoms with Crippen LogP contribution in [0.5, 0.6) is 0 Å². The molecule has 1 aromatic rings. The number of fused-ring (bicyclic) bond motifs is 1. The van der Waals surface area contributed by atoms with E-state index in [9.17, 15) is 4.79 Å². The van der Waals surface area contributed by atoms with E-state index in [0.717, 1.165) is 12.7 Å². The van der Waals surface area contributed by atoms with Crippen LogP contribution in [0.25, 0.3) is 0 Å². The molecule has 0 amide bonds. The van der Waals surface area contributed by atoms with Gasteiger partial charge in [0.1, 0.15) is 6.29 Å². The van der Waals surface area contributed by atoms with Gasteiger partial charge in [0.25, 0.3) is 0 Å². The number of thioether (sulfide) groups is 1. The van der Waals surface area contributed by atoms with Crippen molar-refractivity contribution < 1.29 is 4.79 Å². The maximum atomic E-state index is 10.5. The molecular formula is C9H8OS. The highest BCUT2D eigenvalue weighted by Gasteiger charge is 2.20. The SMILES string of the molecule is O=CC1Cc2ccccc2S1. The Morgan fingerprint density at radius 3 is 3.00 bits per heavy atom. The monoisotopic (exact) mass is 164 g/mol. The fourth-order valence-electron chi connectivity index (χ4n) is 1.28. The number of aldehydes is 1. The van der Waals surface area contributed by atoms with Gasteiger partial charge in [-0.05, 0) is 18.1 Å². The molecule has 0 spiro atoms. The van der Waals surface area contributed by atoms with Crippen molar-refractivity contribution in [3.63, 3.8) is 0 Å². The zero-order valence-electron chi connectivity index (χ0n) is 5.99. The lowest BCUT2D eigenvalue weighted by Crippen LogP contribution is -2.00. The van der Waals surface area contributed by atoms with Crippen LogP contribution < -0.4 is 0 Å². The number of hydrogen-bond donors (Lipinski definition) is 0. The van der Waals surface area contributed by atoms with Crippen molar-refractivity contribution in [1.82, 2.24) is 0 Å². The van der Waals surface area contributed by atoms with Crippen LogP contribution in [0.15, 0.2) is 29.2 Å². The molecule has 1 nitrogen and oxygen atoms in total. The quantitative estimate of drug-likeness (QED) is 0.590. The van der Waals surface area contributed by atoms with E-state index in [1.54, 1.807) is 11.8 Å². The predicted octanol–water partition coefficient (Wildman–Crippen LogP) is 1.90. The summed E-state index contributed by atoms with van der Waals surface area (Å²) < 4.78 is 0.